The van der Waals surface area contributed by atoms with Gasteiger partial charge in [-0.25, -0.2) is 14.5 Å². The van der Waals surface area contributed by atoms with Crippen molar-refractivity contribution < 1.29 is 14.3 Å². The molecule has 8 nitrogen and oxygen atoms in total. The molecule has 0 fully saturated rings. The molecule has 1 amide bonds. The lowest BCUT2D eigenvalue weighted by Crippen LogP contribution is -2.22. The van der Waals surface area contributed by atoms with Gasteiger partial charge in [-0.15, -0.1) is 0 Å². The molecule has 5 aromatic rings. The second-order valence-electron chi connectivity index (χ2n) is 7.67. The van der Waals surface area contributed by atoms with Crippen molar-refractivity contribution in [2.75, 3.05) is 11.9 Å². The number of carbonyl (C=O) groups excluding carboxylic acids is 2. The maximum Gasteiger partial charge on any atom is 0.359 e. The summed E-state index contributed by atoms with van der Waals surface area (Å²) in [5.74, 6) is -0.681. The highest BCUT2D eigenvalue weighted by Gasteiger charge is 2.17. The number of ether oxygens (including phenoxy) is 1. The van der Waals surface area contributed by atoms with E-state index in [2.05, 4.69) is 15.4 Å². The third-order valence-corrected chi connectivity index (χ3v) is 5.29. The lowest BCUT2D eigenvalue weighted by molar-refractivity contribution is -0.119. The number of nitrogens with one attached hydrogen (secondary N) is 1. The zero-order chi connectivity index (χ0) is 23.5. The number of hydrogen-bond donors (Lipinski definition) is 1. The van der Waals surface area contributed by atoms with E-state index in [0.717, 1.165) is 16.9 Å². The quantitative estimate of drug-likeness (QED) is 0.389. The summed E-state index contributed by atoms with van der Waals surface area (Å²) in [5.41, 5.74) is 4.12. The Morgan fingerprint density at radius 2 is 1.68 bits per heavy atom. The van der Waals surface area contributed by atoms with Crippen LogP contribution in [0.2, 0.25) is 0 Å². The molecular formula is C26H21N5O3. The highest BCUT2D eigenvalue weighted by molar-refractivity contribution is 5.95. The average Bonchev–Trinajstić information content (AvgIpc) is 3.49. The number of nitrogens with zero attached hydrogens (tertiary/aromatic N) is 4. The molecule has 8 heteroatoms. The lowest BCUT2D eigenvalue weighted by Gasteiger charge is -2.09. The van der Waals surface area contributed by atoms with Crippen molar-refractivity contribution in [1.29, 1.82) is 0 Å². The van der Waals surface area contributed by atoms with E-state index in [1.54, 1.807) is 27.4 Å². The Morgan fingerprint density at radius 3 is 2.41 bits per heavy atom. The van der Waals surface area contributed by atoms with Gasteiger partial charge < -0.3 is 14.5 Å². The lowest BCUT2D eigenvalue weighted by atomic mass is 10.2. The molecule has 0 atom stereocenters. The van der Waals surface area contributed by atoms with Crippen LogP contribution in [-0.2, 0) is 9.53 Å². The molecule has 5 rings (SSSR count). The van der Waals surface area contributed by atoms with Gasteiger partial charge in [0.25, 0.3) is 5.91 Å². The monoisotopic (exact) mass is 451 g/mol. The van der Waals surface area contributed by atoms with Crippen molar-refractivity contribution in [2.24, 2.45) is 0 Å². The van der Waals surface area contributed by atoms with Gasteiger partial charge in [0.2, 0.25) is 0 Å². The summed E-state index contributed by atoms with van der Waals surface area (Å²) in [6, 6.07) is 26.5. The first-order chi connectivity index (χ1) is 16.6. The fraction of sp³-hybridized carbons (Fsp3) is 0.0769. The highest BCUT2D eigenvalue weighted by atomic mass is 16.5. The molecule has 0 bridgehead atoms. The minimum absolute atomic E-state index is 0.141. The third kappa shape index (κ3) is 4.29. The molecule has 0 aliphatic heterocycles. The first-order valence-electron chi connectivity index (χ1n) is 10.7. The zero-order valence-corrected chi connectivity index (χ0v) is 18.4. The van der Waals surface area contributed by atoms with Crippen molar-refractivity contribution in [3.8, 4) is 16.9 Å². The Kier molecular flexibility index (Phi) is 5.61. The molecule has 168 valence electrons. The van der Waals surface area contributed by atoms with Gasteiger partial charge in [0.05, 0.1) is 11.4 Å². The molecule has 3 aromatic heterocycles. The molecule has 0 spiro atoms. The first kappa shape index (κ1) is 21.1. The maximum absolute atomic E-state index is 12.6. The van der Waals surface area contributed by atoms with E-state index < -0.39 is 18.5 Å². The number of aryl methyl sites for hydroxylation is 1. The predicted octanol–water partition coefficient (Wildman–Crippen LogP) is 4.29. The van der Waals surface area contributed by atoms with Gasteiger partial charge >= 0.3 is 5.97 Å². The normalized spacial score (nSPS) is 10.9. The number of aromatic nitrogens is 4. The van der Waals surface area contributed by atoms with E-state index in [4.69, 9.17) is 4.74 Å². The van der Waals surface area contributed by atoms with Crippen LogP contribution >= 0.6 is 0 Å². The molecule has 34 heavy (non-hydrogen) atoms. The van der Waals surface area contributed by atoms with Gasteiger partial charge in [-0.2, -0.15) is 5.10 Å². The second-order valence-corrected chi connectivity index (χ2v) is 7.67. The van der Waals surface area contributed by atoms with Crippen LogP contribution in [0, 0.1) is 6.92 Å². The summed E-state index contributed by atoms with van der Waals surface area (Å²) in [7, 11) is 0. The van der Waals surface area contributed by atoms with Crippen molar-refractivity contribution in [3.63, 3.8) is 0 Å². The fourth-order valence-electron chi connectivity index (χ4n) is 3.62. The number of amides is 1. The summed E-state index contributed by atoms with van der Waals surface area (Å²) in [6.07, 6.45) is 1.60. The van der Waals surface area contributed by atoms with Crippen LogP contribution in [0.25, 0.3) is 22.6 Å². The molecule has 0 saturated heterocycles. The Morgan fingerprint density at radius 1 is 0.941 bits per heavy atom. The molecule has 0 aliphatic carbocycles. The van der Waals surface area contributed by atoms with Crippen LogP contribution in [0.3, 0.4) is 0 Å². The van der Waals surface area contributed by atoms with Crippen LogP contribution < -0.4 is 5.32 Å². The zero-order valence-electron chi connectivity index (χ0n) is 18.4. The summed E-state index contributed by atoms with van der Waals surface area (Å²) in [6.45, 7) is 1.46. The maximum atomic E-state index is 12.6. The largest absolute Gasteiger partial charge is 0.451 e. The van der Waals surface area contributed by atoms with Gasteiger partial charge in [0.1, 0.15) is 11.5 Å². The van der Waals surface area contributed by atoms with E-state index in [1.165, 1.54) is 0 Å². The number of benzene rings is 2. The molecule has 0 radical (unpaired) electrons. The van der Waals surface area contributed by atoms with E-state index in [1.807, 2.05) is 79.7 Å². The first-order valence-corrected chi connectivity index (χ1v) is 10.7. The van der Waals surface area contributed by atoms with E-state index in [-0.39, 0.29) is 5.69 Å². The Hall–Kier alpha value is -4.72. The van der Waals surface area contributed by atoms with Gasteiger partial charge in [-0.05, 0) is 31.2 Å². The minimum Gasteiger partial charge on any atom is -0.451 e. The van der Waals surface area contributed by atoms with E-state index in [9.17, 15) is 9.59 Å². The van der Waals surface area contributed by atoms with Crippen molar-refractivity contribution >= 4 is 23.3 Å². The van der Waals surface area contributed by atoms with Crippen LogP contribution in [0.1, 0.15) is 16.2 Å². The number of fused-ring (bicyclic) bond motifs is 1. The number of esters is 1. The molecule has 2 aromatic carbocycles. The molecule has 0 aliphatic rings. The average molecular weight is 451 g/mol. The number of carbonyl (C=O) groups is 2. The smallest absolute Gasteiger partial charge is 0.359 e. The molecule has 0 saturated carbocycles. The standard InChI is InChI=1S/C26H21N5O3/c1-18-9-8-14-23-27-22(16-30(18)23)26(33)34-17-25(32)28-24-15-21(19-10-4-2-5-11-19)29-31(24)20-12-6-3-7-13-20/h2-16H,17H2,1H3,(H,28,32). The number of imidazole rings is 1. The van der Waals surface area contributed by atoms with Crippen LogP contribution in [0.4, 0.5) is 5.82 Å². The SMILES string of the molecule is Cc1cccc2nc(C(=O)OCC(=O)Nc3cc(-c4ccccc4)nn3-c3ccccc3)cn12. The molecular weight excluding hydrogens is 430 g/mol. The van der Waals surface area contributed by atoms with Crippen LogP contribution in [-0.4, -0.2) is 37.6 Å². The van der Waals surface area contributed by atoms with Crippen LogP contribution in [0.15, 0.2) is 91.1 Å². The van der Waals surface area contributed by atoms with Gasteiger partial charge in [-0.1, -0.05) is 54.6 Å². The van der Waals surface area contributed by atoms with Gasteiger partial charge in [0.15, 0.2) is 12.3 Å². The third-order valence-electron chi connectivity index (χ3n) is 5.29. The van der Waals surface area contributed by atoms with E-state index in [0.29, 0.717) is 17.2 Å². The van der Waals surface area contributed by atoms with Crippen LogP contribution in [0.5, 0.6) is 0 Å². The van der Waals surface area contributed by atoms with Crippen molar-refractivity contribution in [1.82, 2.24) is 19.2 Å². The minimum atomic E-state index is -0.667. The summed E-state index contributed by atoms with van der Waals surface area (Å²) in [4.78, 5) is 29.4. The van der Waals surface area contributed by atoms with Gasteiger partial charge in [-0.3, -0.25) is 4.79 Å². The molecule has 3 heterocycles. The topological polar surface area (TPSA) is 90.5 Å². The Balaban J connectivity index is 1.33. The predicted molar refractivity (Wildman–Crippen MR) is 128 cm³/mol. The van der Waals surface area contributed by atoms with Crippen molar-refractivity contribution in [3.05, 3.63) is 103 Å². The number of anilines is 1. The summed E-state index contributed by atoms with van der Waals surface area (Å²) in [5, 5.41) is 7.46. The summed E-state index contributed by atoms with van der Waals surface area (Å²) >= 11 is 0. The number of para-hydroxylation sites is 1. The van der Waals surface area contributed by atoms with E-state index >= 15 is 0 Å². The van der Waals surface area contributed by atoms with Gasteiger partial charge in [0, 0.05) is 23.5 Å². The molecule has 1 N–H and O–H groups in total. The molecule has 0 unspecified atom stereocenters. The van der Waals surface area contributed by atoms with Crippen molar-refractivity contribution in [2.45, 2.75) is 6.92 Å². The second kappa shape index (κ2) is 9.03. The number of rotatable bonds is 6. The Bertz CT molecular complexity index is 1470. The number of hydrogen-bond acceptors (Lipinski definition) is 5. The fourth-order valence-corrected chi connectivity index (χ4v) is 3.62. The Labute approximate surface area is 195 Å². The number of pyridine rings is 1. The highest BCUT2D eigenvalue weighted by Crippen LogP contribution is 2.24. The summed E-state index contributed by atoms with van der Waals surface area (Å²) < 4.78 is 8.65.